The molecule has 0 saturated carbocycles. The lowest BCUT2D eigenvalue weighted by Gasteiger charge is -2.22. The zero-order chi connectivity index (χ0) is 13.0. The first kappa shape index (κ1) is 13.1. The molecule has 18 heavy (non-hydrogen) atoms. The molecule has 0 aromatic carbocycles. The number of aromatic nitrogens is 1. The lowest BCUT2D eigenvalue weighted by atomic mass is 10.2. The molecule has 1 aliphatic rings. The van der Waals surface area contributed by atoms with Crippen molar-refractivity contribution in [3.05, 3.63) is 28.7 Å². The van der Waals surface area contributed by atoms with E-state index >= 15 is 0 Å². The van der Waals surface area contributed by atoms with Crippen LogP contribution in [0.2, 0.25) is 0 Å². The van der Waals surface area contributed by atoms with E-state index in [2.05, 4.69) is 4.90 Å². The van der Waals surface area contributed by atoms with E-state index in [4.69, 9.17) is 5.73 Å². The van der Waals surface area contributed by atoms with Gasteiger partial charge in [-0.15, -0.1) is 0 Å². The topological polar surface area (TPSA) is 71.5 Å². The smallest absolute Gasteiger partial charge is 0.250 e. The molecule has 1 aromatic heterocycles. The number of pyridine rings is 1. The number of nitrogens with zero attached hydrogens (tertiary/aromatic N) is 2. The van der Waals surface area contributed by atoms with Gasteiger partial charge in [-0.1, -0.05) is 0 Å². The summed E-state index contributed by atoms with van der Waals surface area (Å²) in [6.07, 6.45) is 4.83. The first-order valence-electron chi connectivity index (χ1n) is 6.51. The molecule has 5 nitrogen and oxygen atoms in total. The normalized spacial score (nSPS) is 20.4. The van der Waals surface area contributed by atoms with Gasteiger partial charge in [0.25, 0.3) is 5.56 Å². The molecule has 3 N–H and O–H groups in total. The Hall–Kier alpha value is -1.33. The molecule has 1 fully saturated rings. The minimum Gasteiger partial charge on any atom is -0.398 e. The van der Waals surface area contributed by atoms with Gasteiger partial charge >= 0.3 is 0 Å². The summed E-state index contributed by atoms with van der Waals surface area (Å²) < 4.78 is 1.65. The number of aliphatic hydroxyl groups is 1. The second kappa shape index (κ2) is 6.02. The third-order valence-electron chi connectivity index (χ3n) is 3.56. The highest BCUT2D eigenvalue weighted by Crippen LogP contribution is 2.16. The van der Waals surface area contributed by atoms with E-state index < -0.39 is 0 Å². The van der Waals surface area contributed by atoms with Gasteiger partial charge < -0.3 is 15.4 Å². The van der Waals surface area contributed by atoms with Crippen LogP contribution >= 0.6 is 0 Å². The SMILES string of the molecule is Nc1ccc(=O)n(CCCN2CCCC2CO)c1. The van der Waals surface area contributed by atoms with Crippen LogP contribution < -0.4 is 11.3 Å². The fraction of sp³-hybridized carbons (Fsp3) is 0.615. The van der Waals surface area contributed by atoms with Crippen LogP contribution in [0.25, 0.3) is 0 Å². The van der Waals surface area contributed by atoms with E-state index in [-0.39, 0.29) is 12.2 Å². The Labute approximate surface area is 107 Å². The van der Waals surface area contributed by atoms with Crippen LogP contribution in [0.15, 0.2) is 23.1 Å². The number of likely N-dealkylation sites (tertiary alicyclic amines) is 1. The summed E-state index contributed by atoms with van der Waals surface area (Å²) in [7, 11) is 0. The van der Waals surface area contributed by atoms with Crippen molar-refractivity contribution < 1.29 is 5.11 Å². The molecule has 0 aliphatic carbocycles. The van der Waals surface area contributed by atoms with Crippen LogP contribution in [0, 0.1) is 0 Å². The van der Waals surface area contributed by atoms with Crippen LogP contribution in [-0.4, -0.2) is 40.3 Å². The third kappa shape index (κ3) is 3.11. The summed E-state index contributed by atoms with van der Waals surface area (Å²) in [5.41, 5.74) is 6.27. The first-order chi connectivity index (χ1) is 8.70. The maximum absolute atomic E-state index is 11.6. The molecule has 0 amide bonds. The molecule has 0 radical (unpaired) electrons. The largest absolute Gasteiger partial charge is 0.398 e. The predicted octanol–water partition coefficient (Wildman–Crippen LogP) is 0.277. The van der Waals surface area contributed by atoms with Gasteiger partial charge in [0.05, 0.1) is 6.61 Å². The Balaban J connectivity index is 1.85. The molecule has 100 valence electrons. The minimum absolute atomic E-state index is 0.00988. The Kier molecular flexibility index (Phi) is 4.38. The summed E-state index contributed by atoms with van der Waals surface area (Å²) in [6.45, 7) is 2.89. The zero-order valence-corrected chi connectivity index (χ0v) is 10.6. The number of hydrogen-bond donors (Lipinski definition) is 2. The average Bonchev–Trinajstić information content (AvgIpc) is 2.81. The molecular formula is C13H21N3O2. The van der Waals surface area contributed by atoms with Crippen LogP contribution in [0.4, 0.5) is 5.69 Å². The summed E-state index contributed by atoms with van der Waals surface area (Å²) in [6, 6.07) is 3.44. The van der Waals surface area contributed by atoms with E-state index in [1.807, 2.05) is 0 Å². The fourth-order valence-electron chi connectivity index (χ4n) is 2.57. The molecule has 2 heterocycles. The monoisotopic (exact) mass is 251 g/mol. The molecular weight excluding hydrogens is 230 g/mol. The van der Waals surface area contributed by atoms with E-state index in [0.717, 1.165) is 32.4 Å². The Morgan fingerprint density at radius 3 is 3.00 bits per heavy atom. The van der Waals surface area contributed by atoms with Gasteiger partial charge in [0.1, 0.15) is 0 Å². The van der Waals surface area contributed by atoms with Gasteiger partial charge in [-0.3, -0.25) is 9.69 Å². The van der Waals surface area contributed by atoms with Crippen molar-refractivity contribution in [2.75, 3.05) is 25.4 Å². The van der Waals surface area contributed by atoms with Crippen molar-refractivity contribution in [3.8, 4) is 0 Å². The molecule has 1 unspecified atom stereocenters. The zero-order valence-electron chi connectivity index (χ0n) is 10.6. The summed E-state index contributed by atoms with van der Waals surface area (Å²) in [4.78, 5) is 13.9. The summed E-state index contributed by atoms with van der Waals surface area (Å²) in [5, 5.41) is 9.22. The Bertz CT molecular complexity index is 444. The van der Waals surface area contributed by atoms with Crippen LogP contribution in [0.3, 0.4) is 0 Å². The van der Waals surface area contributed by atoms with Gasteiger partial charge in [-0.2, -0.15) is 0 Å². The van der Waals surface area contributed by atoms with Gasteiger partial charge in [-0.25, -0.2) is 0 Å². The van der Waals surface area contributed by atoms with Gasteiger partial charge in [0.2, 0.25) is 0 Å². The highest BCUT2D eigenvalue weighted by atomic mass is 16.3. The molecule has 0 bridgehead atoms. The maximum atomic E-state index is 11.6. The van der Waals surface area contributed by atoms with Crippen LogP contribution in [-0.2, 0) is 6.54 Å². The molecule has 2 rings (SSSR count). The molecule has 1 atom stereocenters. The number of aliphatic hydroxyl groups excluding tert-OH is 1. The van der Waals surface area contributed by atoms with Crippen LogP contribution in [0.1, 0.15) is 19.3 Å². The van der Waals surface area contributed by atoms with Crippen molar-refractivity contribution in [1.29, 1.82) is 0 Å². The van der Waals surface area contributed by atoms with E-state index in [1.165, 1.54) is 6.07 Å². The molecule has 0 spiro atoms. The number of aryl methyl sites for hydroxylation is 1. The van der Waals surface area contributed by atoms with Crippen molar-refractivity contribution in [2.24, 2.45) is 0 Å². The number of nitrogens with two attached hydrogens (primary N) is 1. The van der Waals surface area contributed by atoms with Crippen molar-refractivity contribution in [3.63, 3.8) is 0 Å². The highest BCUT2D eigenvalue weighted by Gasteiger charge is 2.22. The quantitative estimate of drug-likeness (QED) is 0.788. The van der Waals surface area contributed by atoms with Crippen LogP contribution in [0.5, 0.6) is 0 Å². The number of hydrogen-bond acceptors (Lipinski definition) is 4. The van der Waals surface area contributed by atoms with Gasteiger partial charge in [-0.05, 0) is 31.9 Å². The van der Waals surface area contributed by atoms with E-state index in [1.54, 1.807) is 16.8 Å². The summed E-state index contributed by atoms with van der Waals surface area (Å²) >= 11 is 0. The van der Waals surface area contributed by atoms with Crippen molar-refractivity contribution in [1.82, 2.24) is 9.47 Å². The van der Waals surface area contributed by atoms with E-state index in [9.17, 15) is 9.90 Å². The number of anilines is 1. The second-order valence-electron chi connectivity index (χ2n) is 4.86. The van der Waals surface area contributed by atoms with Gasteiger partial charge in [0, 0.05) is 37.1 Å². The lowest BCUT2D eigenvalue weighted by molar-refractivity contribution is 0.156. The lowest BCUT2D eigenvalue weighted by Crippen LogP contribution is -2.33. The molecule has 1 saturated heterocycles. The number of nitrogen functional groups attached to an aromatic ring is 1. The maximum Gasteiger partial charge on any atom is 0.250 e. The van der Waals surface area contributed by atoms with Crippen molar-refractivity contribution >= 4 is 5.69 Å². The highest BCUT2D eigenvalue weighted by molar-refractivity contribution is 5.33. The van der Waals surface area contributed by atoms with Crippen molar-refractivity contribution in [2.45, 2.75) is 31.8 Å². The van der Waals surface area contributed by atoms with Gasteiger partial charge in [0.15, 0.2) is 0 Å². The average molecular weight is 251 g/mol. The Morgan fingerprint density at radius 1 is 1.39 bits per heavy atom. The number of rotatable bonds is 5. The second-order valence-corrected chi connectivity index (χ2v) is 4.86. The molecule has 1 aromatic rings. The first-order valence-corrected chi connectivity index (χ1v) is 6.51. The standard InChI is InChI=1S/C13H21N3O2/c14-11-4-5-13(18)16(9-11)8-2-7-15-6-1-3-12(15)10-17/h4-5,9,12,17H,1-3,6-8,10,14H2. The Morgan fingerprint density at radius 2 is 2.22 bits per heavy atom. The fourth-order valence-corrected chi connectivity index (χ4v) is 2.57. The summed E-state index contributed by atoms with van der Waals surface area (Å²) in [5.74, 6) is 0. The predicted molar refractivity (Wildman–Crippen MR) is 71.4 cm³/mol. The van der Waals surface area contributed by atoms with E-state index in [0.29, 0.717) is 18.3 Å². The molecule has 1 aliphatic heterocycles. The molecule has 5 heteroatoms. The third-order valence-corrected chi connectivity index (χ3v) is 3.56. The minimum atomic E-state index is -0.00988.